The lowest BCUT2D eigenvalue weighted by Crippen LogP contribution is -2.53. The molecule has 17 heavy (non-hydrogen) atoms. The number of carboxylic acid groups (broad SMARTS) is 1. The van der Waals surface area contributed by atoms with Crippen molar-refractivity contribution in [3.05, 3.63) is 24.2 Å². The van der Waals surface area contributed by atoms with Crippen molar-refractivity contribution in [3.63, 3.8) is 0 Å². The minimum absolute atomic E-state index is 0.120. The molecular weight excluding hydrogens is 224 g/mol. The summed E-state index contributed by atoms with van der Waals surface area (Å²) < 4.78 is 5.07. The molecule has 1 aliphatic heterocycles. The van der Waals surface area contributed by atoms with Crippen molar-refractivity contribution in [1.82, 2.24) is 10.2 Å². The number of furan rings is 1. The minimum Gasteiger partial charge on any atom is -0.481 e. The van der Waals surface area contributed by atoms with E-state index in [1.807, 2.05) is 0 Å². The molecule has 1 saturated heterocycles. The van der Waals surface area contributed by atoms with E-state index in [1.165, 1.54) is 0 Å². The molecule has 0 radical (unpaired) electrons. The predicted molar refractivity (Wildman–Crippen MR) is 58.1 cm³/mol. The number of likely N-dealkylation sites (tertiary alicyclic amines) is 1. The van der Waals surface area contributed by atoms with E-state index >= 15 is 0 Å². The van der Waals surface area contributed by atoms with Crippen LogP contribution in [0.15, 0.2) is 22.8 Å². The number of amides is 1. The zero-order chi connectivity index (χ0) is 12.3. The number of carbonyl (C=O) groups excluding carboxylic acids is 1. The quantitative estimate of drug-likeness (QED) is 0.749. The zero-order valence-corrected chi connectivity index (χ0v) is 9.26. The molecule has 0 atom stereocenters. The Morgan fingerprint density at radius 1 is 1.53 bits per heavy atom. The first kappa shape index (κ1) is 11.7. The Bertz CT molecular complexity index is 396. The highest BCUT2D eigenvalue weighted by molar-refractivity contribution is 5.78. The van der Waals surface area contributed by atoms with Crippen LogP contribution in [-0.4, -0.2) is 41.5 Å². The maximum atomic E-state index is 11.5. The predicted octanol–water partition coefficient (Wildman–Crippen LogP) is -0.0878. The molecular formula is C11H14N2O4. The number of carboxylic acids is 1. The number of carbonyl (C=O) groups is 2. The lowest BCUT2D eigenvalue weighted by molar-refractivity contribution is -0.148. The maximum Gasteiger partial charge on any atom is 0.309 e. The van der Waals surface area contributed by atoms with Gasteiger partial charge in [-0.2, -0.15) is 0 Å². The van der Waals surface area contributed by atoms with Crippen molar-refractivity contribution in [2.24, 2.45) is 5.92 Å². The minimum atomic E-state index is -0.794. The summed E-state index contributed by atoms with van der Waals surface area (Å²) in [5, 5.41) is 11.4. The van der Waals surface area contributed by atoms with E-state index in [2.05, 4.69) is 5.32 Å². The summed E-state index contributed by atoms with van der Waals surface area (Å²) in [5.74, 6) is -0.541. The van der Waals surface area contributed by atoms with E-state index in [9.17, 15) is 9.59 Å². The van der Waals surface area contributed by atoms with Gasteiger partial charge in [0.05, 0.1) is 25.3 Å². The first-order valence-corrected chi connectivity index (χ1v) is 5.39. The highest BCUT2D eigenvalue weighted by atomic mass is 16.4. The summed E-state index contributed by atoms with van der Waals surface area (Å²) in [5.41, 5.74) is 0. The summed E-state index contributed by atoms with van der Waals surface area (Å²) in [4.78, 5) is 23.8. The van der Waals surface area contributed by atoms with Crippen molar-refractivity contribution in [3.8, 4) is 0 Å². The average Bonchev–Trinajstić information content (AvgIpc) is 2.72. The van der Waals surface area contributed by atoms with Crippen molar-refractivity contribution < 1.29 is 19.1 Å². The van der Waals surface area contributed by atoms with E-state index in [4.69, 9.17) is 9.52 Å². The highest BCUT2D eigenvalue weighted by Crippen LogP contribution is 2.14. The van der Waals surface area contributed by atoms with Crippen molar-refractivity contribution in [2.45, 2.75) is 6.54 Å². The first-order valence-electron chi connectivity index (χ1n) is 5.39. The topological polar surface area (TPSA) is 82.8 Å². The molecule has 0 unspecified atom stereocenters. The second kappa shape index (κ2) is 5.01. The molecule has 6 nitrogen and oxygen atoms in total. The molecule has 6 heteroatoms. The molecule has 1 fully saturated rings. The Labute approximate surface area is 98.2 Å². The van der Waals surface area contributed by atoms with Gasteiger partial charge in [0.1, 0.15) is 5.76 Å². The molecule has 0 bridgehead atoms. The van der Waals surface area contributed by atoms with Gasteiger partial charge in [0, 0.05) is 13.1 Å². The first-order chi connectivity index (χ1) is 8.15. The third kappa shape index (κ3) is 3.07. The second-order valence-electron chi connectivity index (χ2n) is 4.09. The molecule has 0 spiro atoms. The van der Waals surface area contributed by atoms with Gasteiger partial charge in [-0.3, -0.25) is 14.5 Å². The summed E-state index contributed by atoms with van der Waals surface area (Å²) in [6.07, 6.45) is 1.55. The van der Waals surface area contributed by atoms with Crippen LogP contribution in [0.5, 0.6) is 0 Å². The van der Waals surface area contributed by atoms with Crippen LogP contribution in [0.2, 0.25) is 0 Å². The highest BCUT2D eigenvalue weighted by Gasteiger charge is 2.33. The van der Waals surface area contributed by atoms with Crippen LogP contribution in [0.1, 0.15) is 5.76 Å². The van der Waals surface area contributed by atoms with Gasteiger partial charge in [-0.15, -0.1) is 0 Å². The largest absolute Gasteiger partial charge is 0.481 e. The smallest absolute Gasteiger partial charge is 0.309 e. The molecule has 1 amide bonds. The molecule has 1 aromatic rings. The second-order valence-corrected chi connectivity index (χ2v) is 4.09. The van der Waals surface area contributed by atoms with Crippen LogP contribution in [0.3, 0.4) is 0 Å². The average molecular weight is 238 g/mol. The third-order valence-electron chi connectivity index (χ3n) is 2.71. The van der Waals surface area contributed by atoms with Crippen LogP contribution in [0.25, 0.3) is 0 Å². The Morgan fingerprint density at radius 2 is 2.29 bits per heavy atom. The molecule has 0 aliphatic carbocycles. The van der Waals surface area contributed by atoms with Crippen LogP contribution >= 0.6 is 0 Å². The van der Waals surface area contributed by atoms with Gasteiger partial charge in [-0.1, -0.05) is 0 Å². The number of hydrogen-bond acceptors (Lipinski definition) is 4. The van der Waals surface area contributed by atoms with Gasteiger partial charge < -0.3 is 14.8 Å². The summed E-state index contributed by atoms with van der Waals surface area (Å²) in [7, 11) is 0. The van der Waals surface area contributed by atoms with Crippen LogP contribution in [-0.2, 0) is 16.1 Å². The molecule has 0 aromatic carbocycles. The third-order valence-corrected chi connectivity index (χ3v) is 2.71. The van der Waals surface area contributed by atoms with Gasteiger partial charge in [0.15, 0.2) is 0 Å². The maximum absolute atomic E-state index is 11.5. The Hall–Kier alpha value is -1.82. The van der Waals surface area contributed by atoms with Gasteiger partial charge in [-0.25, -0.2) is 0 Å². The molecule has 2 N–H and O–H groups in total. The van der Waals surface area contributed by atoms with Crippen LogP contribution in [0.4, 0.5) is 0 Å². The summed E-state index contributed by atoms with van der Waals surface area (Å²) in [6, 6.07) is 3.54. The van der Waals surface area contributed by atoms with Crippen molar-refractivity contribution in [1.29, 1.82) is 0 Å². The number of rotatable bonds is 5. The zero-order valence-electron chi connectivity index (χ0n) is 9.26. The Kier molecular flexibility index (Phi) is 3.43. The van der Waals surface area contributed by atoms with E-state index in [0.717, 1.165) is 0 Å². The fourth-order valence-electron chi connectivity index (χ4n) is 1.71. The van der Waals surface area contributed by atoms with Crippen molar-refractivity contribution >= 4 is 11.9 Å². The fraction of sp³-hybridized carbons (Fsp3) is 0.455. The molecule has 2 heterocycles. The number of aliphatic carboxylic acids is 1. The van der Waals surface area contributed by atoms with Crippen molar-refractivity contribution in [2.75, 3.05) is 19.6 Å². The summed E-state index contributed by atoms with van der Waals surface area (Å²) >= 11 is 0. The molecule has 92 valence electrons. The van der Waals surface area contributed by atoms with Gasteiger partial charge >= 0.3 is 5.97 Å². The number of hydrogen-bond donors (Lipinski definition) is 2. The fourth-order valence-corrected chi connectivity index (χ4v) is 1.71. The molecule has 1 aliphatic rings. The van der Waals surface area contributed by atoms with Crippen LogP contribution in [0, 0.1) is 5.92 Å². The Balaban J connectivity index is 1.64. The normalized spacial score (nSPS) is 16.5. The van der Waals surface area contributed by atoms with Crippen LogP contribution < -0.4 is 5.32 Å². The van der Waals surface area contributed by atoms with Gasteiger partial charge in [-0.05, 0) is 12.1 Å². The molecule has 0 saturated carbocycles. The van der Waals surface area contributed by atoms with Gasteiger partial charge in [0.2, 0.25) is 5.91 Å². The van der Waals surface area contributed by atoms with E-state index in [-0.39, 0.29) is 18.4 Å². The Morgan fingerprint density at radius 3 is 2.88 bits per heavy atom. The number of nitrogens with one attached hydrogen (secondary N) is 1. The lowest BCUT2D eigenvalue weighted by Gasteiger charge is -2.35. The molecule has 2 rings (SSSR count). The standard InChI is InChI=1S/C11H14N2O4/c14-10(12-4-9-2-1-3-17-9)7-13-5-8(6-13)11(15)16/h1-3,8H,4-7H2,(H,12,14)(H,15,16). The SMILES string of the molecule is O=C(CN1CC(C(=O)O)C1)NCc1ccco1. The van der Waals surface area contributed by atoms with Gasteiger partial charge in [0.25, 0.3) is 0 Å². The van der Waals surface area contributed by atoms with E-state index in [1.54, 1.807) is 23.3 Å². The summed E-state index contributed by atoms with van der Waals surface area (Å²) in [6.45, 7) is 1.50. The monoisotopic (exact) mass is 238 g/mol. The lowest BCUT2D eigenvalue weighted by atomic mass is 10.0. The molecule has 1 aromatic heterocycles. The van der Waals surface area contributed by atoms with E-state index in [0.29, 0.717) is 25.4 Å². The van der Waals surface area contributed by atoms with E-state index < -0.39 is 5.97 Å². The number of nitrogens with zero attached hydrogens (tertiary/aromatic N) is 1.